The van der Waals surface area contributed by atoms with Crippen LogP contribution in [0.2, 0.25) is 0 Å². The van der Waals surface area contributed by atoms with Gasteiger partial charge >= 0.3 is 0 Å². The fourth-order valence-corrected chi connectivity index (χ4v) is 3.72. The highest BCUT2D eigenvalue weighted by Gasteiger charge is 2.22. The molecular weight excluding hydrogens is 404 g/mol. The topological polar surface area (TPSA) is 85.6 Å². The van der Waals surface area contributed by atoms with Gasteiger partial charge in [-0.05, 0) is 31.5 Å². The Morgan fingerprint density at radius 1 is 1.19 bits per heavy atom. The van der Waals surface area contributed by atoms with Crippen molar-refractivity contribution in [3.8, 4) is 11.5 Å². The Morgan fingerprint density at radius 3 is 2.78 bits per heavy atom. The van der Waals surface area contributed by atoms with E-state index in [0.29, 0.717) is 13.2 Å². The van der Waals surface area contributed by atoms with Crippen LogP contribution in [0, 0.1) is 6.92 Å². The molecule has 0 amide bonds. The molecule has 3 aromatic rings. The minimum atomic E-state index is 0.227. The second kappa shape index (κ2) is 10.3. The summed E-state index contributed by atoms with van der Waals surface area (Å²) < 4.78 is 13.2. The molecule has 1 atom stereocenters. The summed E-state index contributed by atoms with van der Waals surface area (Å²) >= 11 is 0. The van der Waals surface area contributed by atoms with Gasteiger partial charge in [0.25, 0.3) is 0 Å². The minimum absolute atomic E-state index is 0.227. The summed E-state index contributed by atoms with van der Waals surface area (Å²) in [5.74, 6) is 4.15. The predicted molar refractivity (Wildman–Crippen MR) is 124 cm³/mol. The van der Waals surface area contributed by atoms with Gasteiger partial charge in [0.15, 0.2) is 11.8 Å². The van der Waals surface area contributed by atoms with Gasteiger partial charge in [0.1, 0.15) is 23.9 Å². The first-order chi connectivity index (χ1) is 15.6. The number of rotatable bonds is 7. The molecule has 2 heterocycles. The Kier molecular flexibility index (Phi) is 7.01. The van der Waals surface area contributed by atoms with Crippen LogP contribution in [0.15, 0.2) is 53.5 Å². The van der Waals surface area contributed by atoms with E-state index < -0.39 is 0 Å². The van der Waals surface area contributed by atoms with Gasteiger partial charge in [-0.1, -0.05) is 35.9 Å². The van der Waals surface area contributed by atoms with Crippen LogP contribution in [-0.2, 0) is 30.9 Å². The van der Waals surface area contributed by atoms with E-state index in [4.69, 9.17) is 9.47 Å². The highest BCUT2D eigenvalue weighted by atomic mass is 16.5. The second-order valence-electron chi connectivity index (χ2n) is 7.89. The average Bonchev–Trinajstić information content (AvgIpc) is 3.21. The number of methoxy groups -OCH3 is 1. The van der Waals surface area contributed by atoms with E-state index in [-0.39, 0.29) is 6.04 Å². The molecule has 8 heteroatoms. The van der Waals surface area contributed by atoms with E-state index in [2.05, 4.69) is 38.7 Å². The zero-order valence-electron chi connectivity index (χ0n) is 18.8. The van der Waals surface area contributed by atoms with Crippen LogP contribution >= 0.6 is 0 Å². The highest BCUT2D eigenvalue weighted by molar-refractivity contribution is 5.80. The lowest BCUT2D eigenvalue weighted by molar-refractivity contribution is 0.177. The number of aryl methyl sites for hydroxylation is 2. The van der Waals surface area contributed by atoms with Crippen LogP contribution in [0.5, 0.6) is 11.5 Å². The summed E-state index contributed by atoms with van der Waals surface area (Å²) in [5, 5.41) is 11.5. The van der Waals surface area contributed by atoms with E-state index in [0.717, 1.165) is 54.1 Å². The van der Waals surface area contributed by atoms with Crippen molar-refractivity contribution in [2.75, 3.05) is 14.2 Å². The van der Waals surface area contributed by atoms with Gasteiger partial charge in [-0.2, -0.15) is 5.10 Å². The summed E-state index contributed by atoms with van der Waals surface area (Å²) in [7, 11) is 3.44. The van der Waals surface area contributed by atoms with Gasteiger partial charge in [0, 0.05) is 38.7 Å². The van der Waals surface area contributed by atoms with E-state index in [9.17, 15) is 0 Å². The Balaban J connectivity index is 1.35. The van der Waals surface area contributed by atoms with Crippen LogP contribution in [0.25, 0.3) is 0 Å². The molecule has 0 radical (unpaired) electrons. The number of aromatic nitrogens is 3. The molecule has 0 aliphatic carbocycles. The summed E-state index contributed by atoms with van der Waals surface area (Å²) in [6.07, 6.45) is 1.84. The summed E-state index contributed by atoms with van der Waals surface area (Å²) in [4.78, 5) is 8.94. The minimum Gasteiger partial charge on any atom is -0.457 e. The molecule has 0 spiro atoms. The van der Waals surface area contributed by atoms with Crippen LogP contribution < -0.4 is 15.4 Å². The number of fused-ring (bicyclic) bond motifs is 1. The Hall–Kier alpha value is -3.39. The van der Waals surface area contributed by atoms with Crippen LogP contribution in [0.4, 0.5) is 0 Å². The molecule has 2 N–H and O–H groups in total. The Bertz CT molecular complexity index is 1060. The summed E-state index contributed by atoms with van der Waals surface area (Å²) in [6.45, 7) is 3.85. The monoisotopic (exact) mass is 434 g/mol. The molecule has 1 aliphatic heterocycles. The van der Waals surface area contributed by atoms with Gasteiger partial charge in [-0.3, -0.25) is 4.99 Å². The van der Waals surface area contributed by atoms with Crippen molar-refractivity contribution in [1.82, 2.24) is 25.4 Å². The van der Waals surface area contributed by atoms with Gasteiger partial charge < -0.3 is 20.1 Å². The second-order valence-corrected chi connectivity index (χ2v) is 7.89. The van der Waals surface area contributed by atoms with Crippen LogP contribution in [0.1, 0.15) is 29.2 Å². The summed E-state index contributed by atoms with van der Waals surface area (Å²) in [5.41, 5.74) is 2.26. The lowest BCUT2D eigenvalue weighted by Crippen LogP contribution is -2.46. The van der Waals surface area contributed by atoms with Crippen molar-refractivity contribution in [1.29, 1.82) is 0 Å². The maximum atomic E-state index is 6.11. The first-order valence-corrected chi connectivity index (χ1v) is 10.9. The normalized spacial score (nSPS) is 15.8. The van der Waals surface area contributed by atoms with Crippen molar-refractivity contribution in [3.63, 3.8) is 0 Å². The molecule has 0 fully saturated rings. The number of hydrogen-bond acceptors (Lipinski definition) is 5. The third-order valence-corrected chi connectivity index (χ3v) is 5.41. The lowest BCUT2D eigenvalue weighted by atomic mass is 10.1. The smallest absolute Gasteiger partial charge is 0.191 e. The maximum Gasteiger partial charge on any atom is 0.191 e. The highest BCUT2D eigenvalue weighted by Crippen LogP contribution is 2.25. The molecule has 1 aromatic heterocycles. The molecule has 1 aliphatic rings. The molecule has 0 bridgehead atoms. The van der Waals surface area contributed by atoms with E-state index in [1.807, 2.05) is 47.1 Å². The van der Waals surface area contributed by atoms with Crippen molar-refractivity contribution in [3.05, 3.63) is 71.3 Å². The van der Waals surface area contributed by atoms with Gasteiger partial charge in [-0.25, -0.2) is 9.67 Å². The van der Waals surface area contributed by atoms with E-state index >= 15 is 0 Å². The van der Waals surface area contributed by atoms with Gasteiger partial charge in [0.05, 0.1) is 6.54 Å². The van der Waals surface area contributed by atoms with Crippen molar-refractivity contribution in [2.24, 2.45) is 4.99 Å². The third-order valence-electron chi connectivity index (χ3n) is 5.41. The molecule has 0 saturated carbocycles. The molecule has 2 aromatic carbocycles. The van der Waals surface area contributed by atoms with Crippen LogP contribution in [0.3, 0.4) is 0 Å². The molecule has 8 nitrogen and oxygen atoms in total. The predicted octanol–water partition coefficient (Wildman–Crippen LogP) is 3.21. The number of para-hydroxylation sites is 1. The number of benzene rings is 2. The van der Waals surface area contributed by atoms with Crippen molar-refractivity contribution in [2.45, 2.75) is 45.5 Å². The summed E-state index contributed by atoms with van der Waals surface area (Å²) in [6, 6.07) is 16.3. The van der Waals surface area contributed by atoms with Crippen molar-refractivity contribution < 1.29 is 9.47 Å². The molecule has 32 heavy (non-hydrogen) atoms. The average molecular weight is 435 g/mol. The largest absolute Gasteiger partial charge is 0.457 e. The quantitative estimate of drug-likeness (QED) is 0.439. The van der Waals surface area contributed by atoms with Crippen LogP contribution in [-0.4, -0.2) is 40.9 Å². The van der Waals surface area contributed by atoms with Gasteiger partial charge in [0.2, 0.25) is 0 Å². The first kappa shape index (κ1) is 21.8. The molecule has 4 rings (SSSR count). The van der Waals surface area contributed by atoms with E-state index in [1.165, 1.54) is 5.56 Å². The molecule has 168 valence electrons. The molecule has 0 saturated heterocycles. The lowest BCUT2D eigenvalue weighted by Gasteiger charge is -2.25. The zero-order chi connectivity index (χ0) is 22.3. The SMILES string of the molecule is CN=C(NCc1ccccc1Oc1ccc(C)cc1)NC1CCc2nc(COC)nn2C1. The van der Waals surface area contributed by atoms with E-state index in [1.54, 1.807) is 14.2 Å². The Morgan fingerprint density at radius 2 is 2.00 bits per heavy atom. The first-order valence-electron chi connectivity index (χ1n) is 10.9. The number of nitrogens with one attached hydrogen (secondary N) is 2. The number of ether oxygens (including phenoxy) is 2. The standard InChI is InChI=1S/C24H30N6O2/c1-17-8-11-20(12-9-17)32-21-7-5-4-6-18(21)14-26-24(25-2)27-19-10-13-23-28-22(16-31-3)29-30(23)15-19/h4-9,11-12,19H,10,13-16H2,1-3H3,(H2,25,26,27). The zero-order valence-corrected chi connectivity index (χ0v) is 18.8. The number of nitrogens with zero attached hydrogens (tertiary/aromatic N) is 4. The third kappa shape index (κ3) is 5.45. The van der Waals surface area contributed by atoms with Crippen molar-refractivity contribution >= 4 is 5.96 Å². The fourth-order valence-electron chi connectivity index (χ4n) is 3.72. The Labute approximate surface area is 188 Å². The fraction of sp³-hybridized carbons (Fsp3) is 0.375. The number of hydrogen-bond donors (Lipinski definition) is 2. The number of aliphatic imine (C=N–C) groups is 1. The molecule has 1 unspecified atom stereocenters. The number of guanidine groups is 1. The molecular formula is C24H30N6O2. The maximum absolute atomic E-state index is 6.11. The van der Waals surface area contributed by atoms with Gasteiger partial charge in [-0.15, -0.1) is 0 Å².